The minimum atomic E-state index is 0.0106. The Morgan fingerprint density at radius 1 is 1.35 bits per heavy atom. The van der Waals surface area contributed by atoms with Gasteiger partial charge in [0.05, 0.1) is 26.9 Å². The summed E-state index contributed by atoms with van der Waals surface area (Å²) in [4.78, 5) is 10.2. The maximum Gasteiger partial charge on any atom is 0.232 e. The molecular weight excluding hydrogens is 222 g/mol. The molecule has 6 heteroatoms. The van der Waals surface area contributed by atoms with Gasteiger partial charge in [-0.2, -0.15) is 9.97 Å². The summed E-state index contributed by atoms with van der Waals surface area (Å²) < 4.78 is 10.1. The molecule has 0 aliphatic carbocycles. The summed E-state index contributed by atoms with van der Waals surface area (Å²) in [5.74, 6) is 1.27. The second kappa shape index (κ2) is 6.70. The highest BCUT2D eigenvalue weighted by Gasteiger charge is 2.11. The number of ether oxygens (including phenoxy) is 2. The van der Waals surface area contributed by atoms with Gasteiger partial charge in [0.1, 0.15) is 0 Å². The summed E-state index contributed by atoms with van der Waals surface area (Å²) in [6, 6.07) is 1.59. The second-order valence-corrected chi connectivity index (χ2v) is 3.21. The fourth-order valence-electron chi connectivity index (χ4n) is 1.29. The molecule has 1 N–H and O–H groups in total. The highest BCUT2D eigenvalue weighted by Crippen LogP contribution is 2.19. The molecule has 0 aliphatic rings. The Hall–Kier alpha value is -1.82. The number of rotatable bonds is 7. The van der Waals surface area contributed by atoms with Crippen molar-refractivity contribution in [2.24, 2.45) is 0 Å². The molecule has 94 valence electrons. The molecule has 1 aromatic heterocycles. The van der Waals surface area contributed by atoms with Crippen molar-refractivity contribution in [3.05, 3.63) is 18.7 Å². The molecule has 0 saturated heterocycles. The zero-order valence-corrected chi connectivity index (χ0v) is 10.1. The fraction of sp³-hybridized carbons (Fsp3) is 0.455. The van der Waals surface area contributed by atoms with E-state index in [2.05, 4.69) is 16.5 Å². The predicted octanol–water partition coefficient (Wildman–Crippen LogP) is 0.478. The van der Waals surface area contributed by atoms with Crippen LogP contribution in [0.2, 0.25) is 0 Å². The van der Waals surface area contributed by atoms with Gasteiger partial charge in [0.25, 0.3) is 0 Å². The van der Waals surface area contributed by atoms with Gasteiger partial charge in [0, 0.05) is 13.1 Å². The monoisotopic (exact) mass is 239 g/mol. The van der Waals surface area contributed by atoms with Crippen LogP contribution in [-0.2, 0) is 0 Å². The summed E-state index contributed by atoms with van der Waals surface area (Å²) in [5, 5.41) is 8.98. The molecule has 0 atom stereocenters. The first-order valence-corrected chi connectivity index (χ1v) is 5.19. The number of anilines is 1. The van der Waals surface area contributed by atoms with Crippen molar-refractivity contribution in [2.75, 3.05) is 38.8 Å². The summed E-state index contributed by atoms with van der Waals surface area (Å²) in [6.07, 6.45) is 1.71. The van der Waals surface area contributed by atoms with Gasteiger partial charge in [-0.3, -0.25) is 0 Å². The molecule has 0 aromatic carbocycles. The molecule has 0 unspecified atom stereocenters. The maximum atomic E-state index is 8.98. The summed E-state index contributed by atoms with van der Waals surface area (Å²) in [5.41, 5.74) is 0. The molecule has 1 aromatic rings. The molecule has 6 nitrogen and oxygen atoms in total. The summed E-state index contributed by atoms with van der Waals surface area (Å²) >= 11 is 0. The number of hydrogen-bond donors (Lipinski definition) is 1. The van der Waals surface area contributed by atoms with E-state index in [9.17, 15) is 0 Å². The average molecular weight is 239 g/mol. The van der Waals surface area contributed by atoms with Crippen molar-refractivity contribution < 1.29 is 14.6 Å². The van der Waals surface area contributed by atoms with E-state index < -0.39 is 0 Å². The Morgan fingerprint density at radius 3 is 2.35 bits per heavy atom. The quantitative estimate of drug-likeness (QED) is 0.698. The number of hydrogen-bond acceptors (Lipinski definition) is 6. The third kappa shape index (κ3) is 3.60. The van der Waals surface area contributed by atoms with Crippen LogP contribution in [0.4, 0.5) is 5.95 Å². The van der Waals surface area contributed by atoms with Crippen molar-refractivity contribution in [1.82, 2.24) is 9.97 Å². The van der Waals surface area contributed by atoms with E-state index in [4.69, 9.17) is 14.6 Å². The lowest BCUT2D eigenvalue weighted by atomic mass is 10.5. The van der Waals surface area contributed by atoms with Crippen molar-refractivity contribution in [3.8, 4) is 11.8 Å². The second-order valence-electron chi connectivity index (χ2n) is 3.21. The number of aliphatic hydroxyl groups excluding tert-OH is 1. The molecule has 0 amide bonds. The van der Waals surface area contributed by atoms with E-state index >= 15 is 0 Å². The van der Waals surface area contributed by atoms with Crippen molar-refractivity contribution in [2.45, 2.75) is 0 Å². The highest BCUT2D eigenvalue weighted by atomic mass is 16.5. The van der Waals surface area contributed by atoms with Gasteiger partial charge < -0.3 is 19.5 Å². The molecule has 17 heavy (non-hydrogen) atoms. The molecule has 0 fully saturated rings. The zero-order valence-electron chi connectivity index (χ0n) is 10.1. The topological polar surface area (TPSA) is 67.7 Å². The van der Waals surface area contributed by atoms with Crippen LogP contribution >= 0.6 is 0 Å². The van der Waals surface area contributed by atoms with Crippen LogP contribution in [0.15, 0.2) is 18.7 Å². The zero-order chi connectivity index (χ0) is 12.7. The number of aliphatic hydroxyl groups is 1. The Bertz CT molecular complexity index is 349. The normalized spacial score (nSPS) is 9.82. The minimum absolute atomic E-state index is 0.0106. The molecule has 0 bridgehead atoms. The van der Waals surface area contributed by atoms with Crippen LogP contribution in [-0.4, -0.2) is 49.0 Å². The summed E-state index contributed by atoms with van der Waals surface area (Å²) in [7, 11) is 3.05. The Labute approximate surface area is 101 Å². The van der Waals surface area contributed by atoms with E-state index in [-0.39, 0.29) is 6.61 Å². The van der Waals surface area contributed by atoms with E-state index in [0.29, 0.717) is 30.8 Å². The lowest BCUT2D eigenvalue weighted by Gasteiger charge is -2.20. The third-order valence-corrected chi connectivity index (χ3v) is 2.09. The van der Waals surface area contributed by atoms with Crippen LogP contribution in [0.25, 0.3) is 0 Å². The first-order valence-electron chi connectivity index (χ1n) is 5.19. The molecule has 1 heterocycles. The standard InChI is InChI=1S/C11H17N3O3/c1-4-5-14(6-7-15)11-12-9(16-2)8-10(13-11)17-3/h4,8,15H,1,5-7H2,2-3H3. The smallest absolute Gasteiger partial charge is 0.232 e. The average Bonchev–Trinajstić information content (AvgIpc) is 2.37. The van der Waals surface area contributed by atoms with Gasteiger partial charge in [-0.1, -0.05) is 6.08 Å². The van der Waals surface area contributed by atoms with Crippen molar-refractivity contribution in [3.63, 3.8) is 0 Å². The Balaban J connectivity index is 3.03. The van der Waals surface area contributed by atoms with E-state index in [1.165, 1.54) is 14.2 Å². The highest BCUT2D eigenvalue weighted by molar-refractivity contribution is 5.37. The van der Waals surface area contributed by atoms with E-state index in [0.717, 1.165) is 0 Å². The van der Waals surface area contributed by atoms with Crippen molar-refractivity contribution >= 4 is 5.95 Å². The van der Waals surface area contributed by atoms with Gasteiger partial charge in [0.15, 0.2) is 0 Å². The SMILES string of the molecule is C=CCN(CCO)c1nc(OC)cc(OC)n1. The molecule has 1 rings (SSSR count). The Kier molecular flexibility index (Phi) is 5.22. The van der Waals surface area contributed by atoms with Gasteiger partial charge >= 0.3 is 0 Å². The van der Waals surface area contributed by atoms with Gasteiger partial charge in [-0.25, -0.2) is 0 Å². The maximum absolute atomic E-state index is 8.98. The lowest BCUT2D eigenvalue weighted by Crippen LogP contribution is -2.28. The molecule has 0 radical (unpaired) electrons. The molecule has 0 spiro atoms. The van der Waals surface area contributed by atoms with E-state index in [1.54, 1.807) is 17.0 Å². The van der Waals surface area contributed by atoms with Crippen molar-refractivity contribution in [1.29, 1.82) is 0 Å². The number of methoxy groups -OCH3 is 2. The predicted molar refractivity (Wildman–Crippen MR) is 64.6 cm³/mol. The Morgan fingerprint density at radius 2 is 1.94 bits per heavy atom. The number of nitrogens with zero attached hydrogens (tertiary/aromatic N) is 3. The van der Waals surface area contributed by atoms with Crippen LogP contribution in [0, 0.1) is 0 Å². The number of aromatic nitrogens is 2. The van der Waals surface area contributed by atoms with E-state index in [1.807, 2.05) is 0 Å². The molecular formula is C11H17N3O3. The fourth-order valence-corrected chi connectivity index (χ4v) is 1.29. The van der Waals surface area contributed by atoms with Crippen LogP contribution in [0.3, 0.4) is 0 Å². The minimum Gasteiger partial charge on any atom is -0.481 e. The first-order chi connectivity index (χ1) is 8.24. The van der Waals surface area contributed by atoms with Gasteiger partial charge in [0.2, 0.25) is 17.7 Å². The molecule has 0 aliphatic heterocycles. The van der Waals surface area contributed by atoms with Crippen LogP contribution in [0.1, 0.15) is 0 Å². The first kappa shape index (κ1) is 13.2. The largest absolute Gasteiger partial charge is 0.481 e. The lowest BCUT2D eigenvalue weighted by molar-refractivity contribution is 0.301. The van der Waals surface area contributed by atoms with Gasteiger partial charge in [-0.15, -0.1) is 6.58 Å². The van der Waals surface area contributed by atoms with Gasteiger partial charge in [-0.05, 0) is 0 Å². The third-order valence-electron chi connectivity index (χ3n) is 2.09. The molecule has 0 saturated carbocycles. The summed E-state index contributed by atoms with van der Waals surface area (Å²) in [6.45, 7) is 4.62. The van der Waals surface area contributed by atoms with Crippen LogP contribution in [0.5, 0.6) is 11.8 Å². The van der Waals surface area contributed by atoms with Crippen LogP contribution < -0.4 is 14.4 Å².